The van der Waals surface area contributed by atoms with Crippen molar-refractivity contribution in [2.45, 2.75) is 31.7 Å². The van der Waals surface area contributed by atoms with Crippen LogP contribution in [0.1, 0.15) is 25.7 Å². The third-order valence-corrected chi connectivity index (χ3v) is 3.71. The molecule has 3 nitrogen and oxygen atoms in total. The molecule has 2 aliphatic rings. The number of hydrogen-bond acceptors (Lipinski definition) is 2. The molecule has 0 amide bonds. The summed E-state index contributed by atoms with van der Waals surface area (Å²) in [5, 5.41) is 15.7. The topological polar surface area (TPSA) is 44.3 Å². The number of aliphatic hydroxyl groups excluding tert-OH is 1. The molecule has 0 spiro atoms. The third kappa shape index (κ3) is 2.17. The van der Waals surface area contributed by atoms with Crippen LogP contribution in [0.2, 0.25) is 0 Å². The fourth-order valence-corrected chi connectivity index (χ4v) is 3.06. The van der Waals surface area contributed by atoms with E-state index in [1.165, 1.54) is 25.7 Å². The highest BCUT2D eigenvalue weighted by atomic mass is 32.1. The molecule has 0 heterocycles. The van der Waals surface area contributed by atoms with E-state index in [1.807, 2.05) is 0 Å². The number of hydrogen-bond donors (Lipinski definition) is 3. The van der Waals surface area contributed by atoms with E-state index in [4.69, 9.17) is 17.3 Å². The number of fused-ring (bicyclic) bond motifs is 2. The maximum absolute atomic E-state index is 8.63. The lowest BCUT2D eigenvalue weighted by atomic mass is 9.96. The Balaban J connectivity index is 1.73. The Hall–Kier alpha value is -0.350. The van der Waals surface area contributed by atoms with E-state index in [-0.39, 0.29) is 6.61 Å². The van der Waals surface area contributed by atoms with E-state index in [0.29, 0.717) is 17.7 Å². The van der Waals surface area contributed by atoms with Gasteiger partial charge in [0, 0.05) is 12.6 Å². The van der Waals surface area contributed by atoms with Crippen molar-refractivity contribution in [1.29, 1.82) is 0 Å². The van der Waals surface area contributed by atoms with Crippen molar-refractivity contribution in [3.05, 3.63) is 0 Å². The molecule has 2 aliphatic carbocycles. The Morgan fingerprint density at radius 3 is 2.79 bits per heavy atom. The second kappa shape index (κ2) is 4.45. The second-order valence-electron chi connectivity index (χ2n) is 4.41. The predicted molar refractivity (Wildman–Crippen MR) is 60.1 cm³/mol. The Morgan fingerprint density at radius 1 is 1.36 bits per heavy atom. The lowest BCUT2D eigenvalue weighted by molar-refractivity contribution is 0.299. The van der Waals surface area contributed by atoms with Gasteiger partial charge in [0.25, 0.3) is 0 Å². The highest BCUT2D eigenvalue weighted by Gasteiger charge is 2.39. The van der Waals surface area contributed by atoms with Gasteiger partial charge in [0.15, 0.2) is 5.11 Å². The van der Waals surface area contributed by atoms with Gasteiger partial charge < -0.3 is 15.7 Å². The van der Waals surface area contributed by atoms with E-state index in [1.54, 1.807) is 0 Å². The highest BCUT2D eigenvalue weighted by molar-refractivity contribution is 7.80. The van der Waals surface area contributed by atoms with Crippen LogP contribution in [-0.4, -0.2) is 29.4 Å². The summed E-state index contributed by atoms with van der Waals surface area (Å²) in [6.07, 6.45) is 5.45. The smallest absolute Gasteiger partial charge is 0.166 e. The summed E-state index contributed by atoms with van der Waals surface area (Å²) >= 11 is 5.14. The molecule has 14 heavy (non-hydrogen) atoms. The van der Waals surface area contributed by atoms with Crippen molar-refractivity contribution < 1.29 is 5.11 Å². The van der Waals surface area contributed by atoms with E-state index in [0.717, 1.165) is 11.8 Å². The van der Waals surface area contributed by atoms with Crippen molar-refractivity contribution >= 4 is 17.3 Å². The molecule has 2 fully saturated rings. The second-order valence-corrected chi connectivity index (χ2v) is 4.81. The highest BCUT2D eigenvalue weighted by Crippen LogP contribution is 2.44. The summed E-state index contributed by atoms with van der Waals surface area (Å²) in [4.78, 5) is 0. The minimum Gasteiger partial charge on any atom is -0.395 e. The Bertz CT molecular complexity index is 222. The number of aliphatic hydroxyl groups is 1. The molecular formula is C10H18N2OS. The zero-order chi connectivity index (χ0) is 9.97. The molecule has 80 valence electrons. The third-order valence-electron chi connectivity index (χ3n) is 3.45. The zero-order valence-electron chi connectivity index (χ0n) is 8.33. The largest absolute Gasteiger partial charge is 0.395 e. The molecule has 0 aromatic carbocycles. The normalized spacial score (nSPS) is 34.5. The van der Waals surface area contributed by atoms with Crippen LogP contribution >= 0.6 is 12.2 Å². The first kappa shape index (κ1) is 10.2. The first-order chi connectivity index (χ1) is 6.79. The lowest BCUT2D eigenvalue weighted by Crippen LogP contribution is -2.44. The van der Waals surface area contributed by atoms with Gasteiger partial charge in [0.1, 0.15) is 0 Å². The average Bonchev–Trinajstić information content (AvgIpc) is 2.76. The maximum atomic E-state index is 8.63. The summed E-state index contributed by atoms with van der Waals surface area (Å²) in [5.74, 6) is 1.78. The van der Waals surface area contributed by atoms with E-state index >= 15 is 0 Å². The van der Waals surface area contributed by atoms with Crippen molar-refractivity contribution in [2.75, 3.05) is 13.2 Å². The summed E-state index contributed by atoms with van der Waals surface area (Å²) in [5.41, 5.74) is 0. The van der Waals surface area contributed by atoms with Crippen molar-refractivity contribution in [3.63, 3.8) is 0 Å². The Kier molecular flexibility index (Phi) is 3.23. The van der Waals surface area contributed by atoms with Gasteiger partial charge in [-0.05, 0) is 43.3 Å². The predicted octanol–water partition coefficient (Wildman–Crippen LogP) is 0.631. The van der Waals surface area contributed by atoms with Gasteiger partial charge >= 0.3 is 0 Å². The van der Waals surface area contributed by atoms with Crippen LogP contribution in [0.3, 0.4) is 0 Å². The van der Waals surface area contributed by atoms with Gasteiger partial charge in [0.05, 0.1) is 6.61 Å². The Labute approximate surface area is 90.3 Å². The molecule has 0 aliphatic heterocycles. The molecule has 0 saturated heterocycles. The van der Waals surface area contributed by atoms with Crippen LogP contribution in [0.5, 0.6) is 0 Å². The fourth-order valence-electron chi connectivity index (χ4n) is 2.81. The molecular weight excluding hydrogens is 196 g/mol. The van der Waals surface area contributed by atoms with Gasteiger partial charge in [-0.1, -0.05) is 6.42 Å². The zero-order valence-corrected chi connectivity index (χ0v) is 9.15. The van der Waals surface area contributed by atoms with Crippen LogP contribution in [0.25, 0.3) is 0 Å². The van der Waals surface area contributed by atoms with E-state index in [9.17, 15) is 0 Å². The lowest BCUT2D eigenvalue weighted by Gasteiger charge is -2.24. The first-order valence-electron chi connectivity index (χ1n) is 5.45. The van der Waals surface area contributed by atoms with E-state index in [2.05, 4.69) is 10.6 Å². The molecule has 0 aromatic rings. The number of thiocarbonyl (C=S) groups is 1. The minimum absolute atomic E-state index is 0.137. The molecule has 2 saturated carbocycles. The maximum Gasteiger partial charge on any atom is 0.166 e. The van der Waals surface area contributed by atoms with Crippen LogP contribution < -0.4 is 10.6 Å². The molecule has 3 atom stereocenters. The van der Waals surface area contributed by atoms with Crippen molar-refractivity contribution in [2.24, 2.45) is 11.8 Å². The standard InChI is InChI=1S/C10H18N2OS/c13-4-3-11-10(14)12-9-6-7-1-2-8(9)5-7/h7-9,13H,1-6H2,(H2,11,12,14). The van der Waals surface area contributed by atoms with Gasteiger partial charge in [-0.25, -0.2) is 0 Å². The van der Waals surface area contributed by atoms with Crippen LogP contribution in [-0.2, 0) is 0 Å². The van der Waals surface area contributed by atoms with Gasteiger partial charge in [-0.2, -0.15) is 0 Å². The SMILES string of the molecule is OCCNC(=S)NC1CC2CCC1C2. The molecule has 4 heteroatoms. The van der Waals surface area contributed by atoms with Gasteiger partial charge in [0.2, 0.25) is 0 Å². The number of rotatable bonds is 3. The quantitative estimate of drug-likeness (QED) is 0.603. The first-order valence-corrected chi connectivity index (χ1v) is 5.85. The average molecular weight is 214 g/mol. The summed E-state index contributed by atoms with van der Waals surface area (Å²) in [6, 6.07) is 0.590. The minimum atomic E-state index is 0.137. The Morgan fingerprint density at radius 2 is 2.21 bits per heavy atom. The molecule has 0 radical (unpaired) electrons. The monoisotopic (exact) mass is 214 g/mol. The molecule has 2 bridgehead atoms. The van der Waals surface area contributed by atoms with Crippen molar-refractivity contribution in [1.82, 2.24) is 10.6 Å². The number of nitrogens with one attached hydrogen (secondary N) is 2. The van der Waals surface area contributed by atoms with Crippen LogP contribution in [0.4, 0.5) is 0 Å². The van der Waals surface area contributed by atoms with Crippen LogP contribution in [0.15, 0.2) is 0 Å². The molecule has 3 N–H and O–H groups in total. The fraction of sp³-hybridized carbons (Fsp3) is 0.900. The summed E-state index contributed by atoms with van der Waals surface area (Å²) in [7, 11) is 0. The van der Waals surface area contributed by atoms with Crippen molar-refractivity contribution in [3.8, 4) is 0 Å². The molecule has 2 rings (SSSR count). The van der Waals surface area contributed by atoms with Gasteiger partial charge in [-0.3, -0.25) is 0 Å². The summed E-state index contributed by atoms with van der Waals surface area (Å²) < 4.78 is 0. The summed E-state index contributed by atoms with van der Waals surface area (Å²) in [6.45, 7) is 0.686. The van der Waals surface area contributed by atoms with Gasteiger partial charge in [-0.15, -0.1) is 0 Å². The molecule has 0 aromatic heterocycles. The van der Waals surface area contributed by atoms with E-state index < -0.39 is 0 Å². The molecule has 3 unspecified atom stereocenters. The van der Waals surface area contributed by atoms with Crippen LogP contribution in [0, 0.1) is 11.8 Å².